The average Bonchev–Trinajstić information content (AvgIpc) is 3.36. The van der Waals surface area contributed by atoms with E-state index in [0.717, 1.165) is 37.2 Å². The molecular weight excluding hydrogens is 487 g/mol. The molecule has 0 aliphatic carbocycles. The summed E-state index contributed by atoms with van der Waals surface area (Å²) in [6.07, 6.45) is 2.87. The fraction of sp³-hybridized carbons (Fsp3) is 0.0741. The van der Waals surface area contributed by atoms with Crippen LogP contribution in [0.2, 0.25) is 0 Å². The first-order valence-corrected chi connectivity index (χ1v) is 13.5. The van der Waals surface area contributed by atoms with Crippen LogP contribution in [0, 0.1) is 0 Å². The summed E-state index contributed by atoms with van der Waals surface area (Å²) in [7, 11) is 0. The number of benzene rings is 3. The molecule has 168 valence electrons. The Morgan fingerprint density at radius 2 is 1.82 bits per heavy atom. The molecule has 2 heterocycles. The van der Waals surface area contributed by atoms with Crippen LogP contribution in [-0.2, 0) is 5.21 Å². The van der Waals surface area contributed by atoms with Gasteiger partial charge in [-0.1, -0.05) is 0 Å². The minimum atomic E-state index is -0.671. The van der Waals surface area contributed by atoms with Crippen LogP contribution in [0.4, 0.5) is 5.69 Å². The number of amides is 1. The Bertz CT molecular complexity index is 1440. The Morgan fingerprint density at radius 3 is 2.71 bits per heavy atom. The van der Waals surface area contributed by atoms with Gasteiger partial charge in [-0.05, 0) is 0 Å². The summed E-state index contributed by atoms with van der Waals surface area (Å²) in [5.74, 6) is -0.247. The van der Waals surface area contributed by atoms with Crippen molar-refractivity contribution in [3.63, 3.8) is 0 Å². The molecule has 2 atom stereocenters. The summed E-state index contributed by atoms with van der Waals surface area (Å²) in [5, 5.41) is 22.6. The number of hydrogen-bond donors (Lipinski definition) is 3. The molecule has 2 unspecified atom stereocenters. The number of H-pyrrole nitrogens is 1. The summed E-state index contributed by atoms with van der Waals surface area (Å²) < 4.78 is 1.16. The molecule has 6 nitrogen and oxygen atoms in total. The Kier molecular flexibility index (Phi) is 6.52. The third kappa shape index (κ3) is 4.79. The molecule has 0 saturated carbocycles. The Balaban J connectivity index is 1.31. The maximum absolute atomic E-state index is 13.0. The molecule has 5 rings (SSSR count). The molecule has 5 aromatic rings. The summed E-state index contributed by atoms with van der Waals surface area (Å²) >= 11 is -0.668. The van der Waals surface area contributed by atoms with E-state index in [9.17, 15) is 9.90 Å². The van der Waals surface area contributed by atoms with Crippen molar-refractivity contribution in [2.24, 2.45) is 0 Å². The molecule has 0 fully saturated rings. The number of nitrogens with one attached hydrogen (secondary N) is 2. The Labute approximate surface area is 203 Å². The molecule has 3 N–H and O–H groups in total. The quantitative estimate of drug-likeness (QED) is 0.292. The van der Waals surface area contributed by atoms with Gasteiger partial charge in [0.1, 0.15) is 0 Å². The van der Waals surface area contributed by atoms with Gasteiger partial charge in [0.15, 0.2) is 0 Å². The number of aliphatic hydroxyl groups is 1. The van der Waals surface area contributed by atoms with Crippen molar-refractivity contribution in [2.75, 3.05) is 5.32 Å². The fourth-order valence-corrected chi connectivity index (χ4v) is 6.60. The third-order valence-electron chi connectivity index (χ3n) is 5.64. The van der Waals surface area contributed by atoms with Crippen LogP contribution in [0.3, 0.4) is 0 Å². The summed E-state index contributed by atoms with van der Waals surface area (Å²) in [5.41, 5.74) is 4.65. The van der Waals surface area contributed by atoms with Gasteiger partial charge in [0.25, 0.3) is 0 Å². The van der Waals surface area contributed by atoms with E-state index in [-0.39, 0.29) is 5.91 Å². The summed E-state index contributed by atoms with van der Waals surface area (Å²) in [6, 6.07) is 27.1. The van der Waals surface area contributed by atoms with Crippen molar-refractivity contribution in [2.45, 2.75) is 11.3 Å². The van der Waals surface area contributed by atoms with Crippen LogP contribution in [0.25, 0.3) is 10.9 Å². The van der Waals surface area contributed by atoms with Crippen molar-refractivity contribution in [1.82, 2.24) is 15.2 Å². The minimum absolute atomic E-state index is 0.247. The van der Waals surface area contributed by atoms with Crippen LogP contribution >= 0.6 is 0 Å². The average molecular weight is 510 g/mol. The van der Waals surface area contributed by atoms with E-state index >= 15 is 0 Å². The van der Waals surface area contributed by atoms with Gasteiger partial charge < -0.3 is 0 Å². The van der Waals surface area contributed by atoms with Gasteiger partial charge >= 0.3 is 204 Å². The number of aliphatic hydroxyl groups excluding tert-OH is 1. The zero-order chi connectivity index (χ0) is 23.3. The van der Waals surface area contributed by atoms with E-state index in [1.165, 1.54) is 0 Å². The van der Waals surface area contributed by atoms with Crippen molar-refractivity contribution in [3.8, 4) is 0 Å². The molecule has 1 amide bonds. The SMILES string of the molecule is O=C(Nc1ccc2ncccc2c1)c1n[nH]cc1C[AsH]c1ccccc1C(O)c1ccccc1. The van der Waals surface area contributed by atoms with Crippen LogP contribution < -0.4 is 9.67 Å². The van der Waals surface area contributed by atoms with E-state index in [1.807, 2.05) is 78.9 Å². The number of rotatable bonds is 7. The van der Waals surface area contributed by atoms with Crippen LogP contribution in [0.1, 0.15) is 33.3 Å². The predicted octanol–water partition coefficient (Wildman–Crippen LogP) is 3.55. The van der Waals surface area contributed by atoms with Gasteiger partial charge in [0.2, 0.25) is 0 Å². The number of hydrogen-bond acceptors (Lipinski definition) is 4. The molecule has 34 heavy (non-hydrogen) atoms. The molecule has 0 aliphatic rings. The van der Waals surface area contributed by atoms with Gasteiger partial charge in [-0.2, -0.15) is 0 Å². The zero-order valence-corrected chi connectivity index (χ0v) is 20.4. The Morgan fingerprint density at radius 1 is 1.00 bits per heavy atom. The monoisotopic (exact) mass is 510 g/mol. The van der Waals surface area contributed by atoms with Crippen molar-refractivity contribution in [1.29, 1.82) is 0 Å². The third-order valence-corrected chi connectivity index (χ3v) is 8.56. The van der Waals surface area contributed by atoms with Gasteiger partial charge in [0.05, 0.1) is 0 Å². The number of aromatic amines is 1. The van der Waals surface area contributed by atoms with E-state index in [4.69, 9.17) is 0 Å². The number of pyridine rings is 1. The first-order chi connectivity index (χ1) is 16.7. The number of nitrogens with zero attached hydrogens (tertiary/aromatic N) is 2. The second-order valence-corrected chi connectivity index (χ2v) is 10.5. The number of anilines is 1. The topological polar surface area (TPSA) is 90.9 Å². The van der Waals surface area contributed by atoms with Gasteiger partial charge in [0, 0.05) is 0 Å². The molecule has 0 aliphatic heterocycles. The predicted molar refractivity (Wildman–Crippen MR) is 136 cm³/mol. The van der Waals surface area contributed by atoms with E-state index in [2.05, 4.69) is 26.6 Å². The molecule has 0 radical (unpaired) electrons. The molecule has 2 aromatic heterocycles. The van der Waals surface area contributed by atoms with Crippen LogP contribution in [0.15, 0.2) is 97.3 Å². The maximum atomic E-state index is 13.0. The normalized spacial score (nSPS) is 12.3. The molecule has 0 saturated heterocycles. The molecule has 3 aromatic carbocycles. The van der Waals surface area contributed by atoms with Crippen molar-refractivity contribution >= 4 is 42.6 Å². The van der Waals surface area contributed by atoms with Crippen molar-refractivity contribution in [3.05, 3.63) is 120 Å². The summed E-state index contributed by atoms with van der Waals surface area (Å²) in [4.78, 5) is 17.3. The van der Waals surface area contributed by atoms with Gasteiger partial charge in [-0.3, -0.25) is 0 Å². The van der Waals surface area contributed by atoms with E-state index in [0.29, 0.717) is 11.4 Å². The Hall–Kier alpha value is -3.73. The van der Waals surface area contributed by atoms with Crippen LogP contribution in [-0.4, -0.2) is 41.9 Å². The zero-order valence-electron chi connectivity index (χ0n) is 18.3. The van der Waals surface area contributed by atoms with E-state index in [1.54, 1.807) is 12.4 Å². The number of fused-ring (bicyclic) bond motifs is 1. The first kappa shape index (κ1) is 22.1. The van der Waals surface area contributed by atoms with E-state index < -0.39 is 21.9 Å². The second kappa shape index (κ2) is 10.0. The molecule has 0 spiro atoms. The summed E-state index contributed by atoms with van der Waals surface area (Å²) in [6.45, 7) is 0. The number of aromatic nitrogens is 3. The van der Waals surface area contributed by atoms with Crippen molar-refractivity contribution < 1.29 is 9.90 Å². The standard InChI is InChI=1S/C27H23AsN4O2/c33-26(18-7-2-1-3-8-18)22-10-4-5-11-23(22)28-16-20-17-30-32-25(20)27(34)31-21-12-13-24-19(15-21)9-6-14-29-24/h1-15,17,26,28,33H,16H2,(H,30,32)(H,31,34). The number of carbonyl (C=O) groups is 1. The molecule has 7 heteroatoms. The molecule has 0 bridgehead atoms. The van der Waals surface area contributed by atoms with Gasteiger partial charge in [-0.25, -0.2) is 0 Å². The number of carbonyl (C=O) groups excluding carboxylic acids is 1. The fourth-order valence-electron chi connectivity index (χ4n) is 3.89. The van der Waals surface area contributed by atoms with Gasteiger partial charge in [-0.15, -0.1) is 0 Å². The van der Waals surface area contributed by atoms with Crippen LogP contribution in [0.5, 0.6) is 0 Å². The molecular formula is C27H23AsN4O2. The first-order valence-electron chi connectivity index (χ1n) is 10.9. The second-order valence-electron chi connectivity index (χ2n) is 7.88.